The number of imide groups is 1. The number of hydrogen-bond donors (Lipinski definition) is 1. The molecule has 0 saturated carbocycles. The number of amides is 3. The van der Waals surface area contributed by atoms with E-state index in [2.05, 4.69) is 0 Å². The van der Waals surface area contributed by atoms with Crippen molar-refractivity contribution >= 4 is 18.4 Å². The summed E-state index contributed by atoms with van der Waals surface area (Å²) in [6, 6.07) is 16.5. The summed E-state index contributed by atoms with van der Waals surface area (Å²) in [6.45, 7) is 3.45. The summed E-state index contributed by atoms with van der Waals surface area (Å²) in [5.74, 6) is -0.492. The molecular weight excluding hydrogens is 332 g/mol. The number of likely N-dealkylation sites (tertiary alicyclic amines) is 1. The quantitative estimate of drug-likeness (QED) is 0.663. The fraction of sp³-hybridized carbons (Fsp3) is 0.250. The standard InChI is InChI=1S/C20H20N2O4/c1-20(2)17(18(24)22(20)13-23)21(19(25)26)12-14-8-10-16(11-9-14)15-6-4-3-5-7-15/h3-11,13,17H,12H2,1-2H3,(H,25,26)/t17-/m0/s1. The molecule has 1 N–H and O–H groups in total. The highest BCUT2D eigenvalue weighted by molar-refractivity contribution is 6.00. The van der Waals surface area contributed by atoms with Crippen molar-refractivity contribution in [1.82, 2.24) is 9.80 Å². The molecule has 3 amide bonds. The van der Waals surface area contributed by atoms with E-state index in [1.54, 1.807) is 13.8 Å². The van der Waals surface area contributed by atoms with Gasteiger partial charge in [-0.05, 0) is 30.5 Å². The van der Waals surface area contributed by atoms with E-state index in [9.17, 15) is 19.5 Å². The van der Waals surface area contributed by atoms with Crippen LogP contribution in [0, 0.1) is 0 Å². The topological polar surface area (TPSA) is 77.9 Å². The van der Waals surface area contributed by atoms with Gasteiger partial charge in [-0.2, -0.15) is 0 Å². The summed E-state index contributed by atoms with van der Waals surface area (Å²) in [4.78, 5) is 37.0. The van der Waals surface area contributed by atoms with Gasteiger partial charge in [0.05, 0.1) is 5.54 Å². The van der Waals surface area contributed by atoms with Gasteiger partial charge in [0, 0.05) is 6.54 Å². The zero-order valence-corrected chi connectivity index (χ0v) is 14.6. The molecule has 0 radical (unpaired) electrons. The zero-order chi connectivity index (χ0) is 18.9. The number of carbonyl (C=O) groups is 3. The lowest BCUT2D eigenvalue weighted by molar-refractivity contribution is -0.171. The predicted octanol–water partition coefficient (Wildman–Crippen LogP) is 2.98. The van der Waals surface area contributed by atoms with E-state index in [-0.39, 0.29) is 6.54 Å². The number of β-lactam (4-membered cyclic amide) rings is 1. The van der Waals surface area contributed by atoms with Crippen LogP contribution < -0.4 is 0 Å². The third-order valence-corrected chi connectivity index (χ3v) is 4.84. The third-order valence-electron chi connectivity index (χ3n) is 4.84. The molecule has 2 aromatic carbocycles. The highest BCUT2D eigenvalue weighted by Gasteiger charge is 2.58. The van der Waals surface area contributed by atoms with E-state index >= 15 is 0 Å². The summed E-state index contributed by atoms with van der Waals surface area (Å²) < 4.78 is 0. The largest absolute Gasteiger partial charge is 0.465 e. The van der Waals surface area contributed by atoms with Crippen molar-refractivity contribution in [2.24, 2.45) is 0 Å². The number of carbonyl (C=O) groups excluding carboxylic acids is 2. The van der Waals surface area contributed by atoms with Crippen LogP contribution in [0.3, 0.4) is 0 Å². The molecule has 2 aromatic rings. The van der Waals surface area contributed by atoms with E-state index in [0.29, 0.717) is 6.41 Å². The minimum atomic E-state index is -1.19. The van der Waals surface area contributed by atoms with Crippen molar-refractivity contribution in [3.63, 3.8) is 0 Å². The van der Waals surface area contributed by atoms with Crippen LogP contribution in [0.4, 0.5) is 4.79 Å². The van der Waals surface area contributed by atoms with Crippen molar-refractivity contribution in [3.8, 4) is 11.1 Å². The Morgan fingerprint density at radius 3 is 2.19 bits per heavy atom. The average molecular weight is 352 g/mol. The first kappa shape index (κ1) is 17.7. The van der Waals surface area contributed by atoms with Gasteiger partial charge >= 0.3 is 6.09 Å². The van der Waals surface area contributed by atoms with Gasteiger partial charge in [0.2, 0.25) is 6.41 Å². The number of nitrogens with zero attached hydrogens (tertiary/aromatic N) is 2. The molecule has 1 aliphatic rings. The Labute approximate surface area is 151 Å². The van der Waals surface area contributed by atoms with E-state index in [4.69, 9.17) is 0 Å². The molecule has 1 heterocycles. The van der Waals surface area contributed by atoms with Gasteiger partial charge in [0.1, 0.15) is 6.04 Å². The molecule has 0 aromatic heterocycles. The molecule has 1 fully saturated rings. The Morgan fingerprint density at radius 2 is 1.69 bits per heavy atom. The summed E-state index contributed by atoms with van der Waals surface area (Å²) >= 11 is 0. The van der Waals surface area contributed by atoms with E-state index in [1.165, 1.54) is 0 Å². The molecule has 0 aliphatic carbocycles. The maximum absolute atomic E-state index is 12.2. The van der Waals surface area contributed by atoms with Gasteiger partial charge in [-0.25, -0.2) is 4.79 Å². The molecule has 0 unspecified atom stereocenters. The van der Waals surface area contributed by atoms with Crippen LogP contribution in [0.25, 0.3) is 11.1 Å². The van der Waals surface area contributed by atoms with Gasteiger partial charge in [-0.1, -0.05) is 54.6 Å². The van der Waals surface area contributed by atoms with Crippen molar-refractivity contribution in [3.05, 3.63) is 60.2 Å². The lowest BCUT2D eigenvalue weighted by atomic mass is 9.81. The maximum Gasteiger partial charge on any atom is 0.408 e. The summed E-state index contributed by atoms with van der Waals surface area (Å²) in [7, 11) is 0. The highest BCUT2D eigenvalue weighted by Crippen LogP contribution is 2.35. The summed E-state index contributed by atoms with van der Waals surface area (Å²) in [6.07, 6.45) is -0.734. The zero-order valence-electron chi connectivity index (χ0n) is 14.6. The Balaban J connectivity index is 1.80. The lowest BCUT2D eigenvalue weighted by Gasteiger charge is -2.53. The second kappa shape index (κ2) is 6.63. The van der Waals surface area contributed by atoms with Crippen molar-refractivity contribution < 1.29 is 19.5 Å². The fourth-order valence-corrected chi connectivity index (χ4v) is 3.39. The van der Waals surface area contributed by atoms with Gasteiger partial charge in [-0.15, -0.1) is 0 Å². The minimum Gasteiger partial charge on any atom is -0.465 e. The van der Waals surface area contributed by atoms with E-state index in [0.717, 1.165) is 26.5 Å². The number of hydrogen-bond acceptors (Lipinski definition) is 3. The van der Waals surface area contributed by atoms with Gasteiger partial charge in [-0.3, -0.25) is 19.4 Å². The average Bonchev–Trinajstić information content (AvgIpc) is 2.62. The molecule has 0 spiro atoms. The molecular formula is C20H20N2O4. The van der Waals surface area contributed by atoms with Crippen molar-refractivity contribution in [2.75, 3.05) is 0 Å². The molecule has 3 rings (SSSR count). The maximum atomic E-state index is 12.2. The Kier molecular flexibility index (Phi) is 4.50. The van der Waals surface area contributed by atoms with Gasteiger partial charge < -0.3 is 5.11 Å². The number of rotatable bonds is 5. The van der Waals surface area contributed by atoms with Crippen LogP contribution in [0.2, 0.25) is 0 Å². The van der Waals surface area contributed by atoms with Gasteiger partial charge in [0.15, 0.2) is 0 Å². The first-order chi connectivity index (χ1) is 12.4. The molecule has 26 heavy (non-hydrogen) atoms. The van der Waals surface area contributed by atoms with Crippen LogP contribution >= 0.6 is 0 Å². The molecule has 6 nitrogen and oxygen atoms in total. The number of benzene rings is 2. The Bertz CT molecular complexity index is 831. The lowest BCUT2D eigenvalue weighted by Crippen LogP contribution is -2.76. The normalized spacial score (nSPS) is 18.2. The highest BCUT2D eigenvalue weighted by atomic mass is 16.4. The second-order valence-electron chi connectivity index (χ2n) is 6.84. The van der Waals surface area contributed by atoms with Gasteiger partial charge in [0.25, 0.3) is 5.91 Å². The Hall–Kier alpha value is -3.15. The summed E-state index contributed by atoms with van der Waals surface area (Å²) in [5, 5.41) is 9.58. The smallest absolute Gasteiger partial charge is 0.408 e. The predicted molar refractivity (Wildman–Crippen MR) is 96.2 cm³/mol. The Morgan fingerprint density at radius 1 is 1.12 bits per heavy atom. The van der Waals surface area contributed by atoms with E-state index in [1.807, 2.05) is 54.6 Å². The molecule has 0 bridgehead atoms. The fourth-order valence-electron chi connectivity index (χ4n) is 3.39. The second-order valence-corrected chi connectivity index (χ2v) is 6.84. The van der Waals surface area contributed by atoms with Crippen LogP contribution in [-0.2, 0) is 16.1 Å². The van der Waals surface area contributed by atoms with Crippen LogP contribution in [0.15, 0.2) is 54.6 Å². The van der Waals surface area contributed by atoms with Crippen molar-refractivity contribution in [1.29, 1.82) is 0 Å². The summed E-state index contributed by atoms with van der Waals surface area (Å²) in [5.41, 5.74) is 2.02. The molecule has 6 heteroatoms. The number of carboxylic acid groups (broad SMARTS) is 1. The van der Waals surface area contributed by atoms with Crippen LogP contribution in [-0.4, -0.2) is 44.9 Å². The molecule has 1 aliphatic heterocycles. The SMILES string of the molecule is CC1(C)[C@@H](N(Cc2ccc(-c3ccccc3)cc2)C(=O)O)C(=O)N1C=O. The third kappa shape index (κ3) is 2.94. The monoisotopic (exact) mass is 352 g/mol. The molecule has 1 atom stereocenters. The molecule has 134 valence electrons. The van der Waals surface area contributed by atoms with E-state index < -0.39 is 23.6 Å². The molecule has 1 saturated heterocycles. The first-order valence-corrected chi connectivity index (χ1v) is 8.28. The van der Waals surface area contributed by atoms with Crippen molar-refractivity contribution in [2.45, 2.75) is 32.0 Å². The first-order valence-electron chi connectivity index (χ1n) is 8.28. The van der Waals surface area contributed by atoms with Crippen LogP contribution in [0.1, 0.15) is 19.4 Å². The van der Waals surface area contributed by atoms with Crippen LogP contribution in [0.5, 0.6) is 0 Å². The minimum absolute atomic E-state index is 0.0803.